The fraction of sp³-hybridized carbons (Fsp3) is 0.345. The maximum Gasteiger partial charge on any atom is 1.00 e. The van der Waals surface area contributed by atoms with Gasteiger partial charge in [0.2, 0.25) is 11.4 Å². The van der Waals surface area contributed by atoms with Crippen LogP contribution in [-0.2, 0) is 46.0 Å². The molecule has 18 heteroatoms. The number of rotatable bonds is 14. The van der Waals surface area contributed by atoms with E-state index in [1.165, 1.54) is 6.07 Å². The van der Waals surface area contributed by atoms with Gasteiger partial charge in [-0.05, 0) is 31.4 Å². The summed E-state index contributed by atoms with van der Waals surface area (Å²) in [6, 6.07) is 11.4. The van der Waals surface area contributed by atoms with Crippen molar-refractivity contribution in [1.29, 1.82) is 0 Å². The number of oxazole rings is 1. The number of aryl methyl sites for hydroxylation is 1. The molecule has 4 aromatic rings. The van der Waals surface area contributed by atoms with Crippen molar-refractivity contribution in [1.82, 2.24) is 10.0 Å². The Balaban J connectivity index is 0.00000500. The van der Waals surface area contributed by atoms with Crippen molar-refractivity contribution in [3.05, 3.63) is 48.7 Å². The number of para-hydroxylation sites is 1. The Kier molecular flexibility index (Phi) is 11.8. The summed E-state index contributed by atoms with van der Waals surface area (Å²) >= 11 is 0. The standard InChI is InChI=1S/C29H29N3O12S2.Na/c33-26-10-11-27(34)32(26)44-28(35)9-2-1-5-13-31-14-12-20(19-7-3-4-8-22(19)31)29-30-21-17-25(46(39,40)41)24(18-23(21)43-29)42-15-6-16-45(36,37)38;/h3-4,7-8,12,14,17-18H,1-2,5-6,9-11,13,15-16H2,(H-,36,37,38,39,40,41);/q;+1/p-1. The van der Waals surface area contributed by atoms with Crippen molar-refractivity contribution >= 4 is 60.0 Å². The summed E-state index contributed by atoms with van der Waals surface area (Å²) in [6.45, 7) is 0.274. The molecule has 2 aromatic carbocycles. The number of hydroxylamine groups is 2. The van der Waals surface area contributed by atoms with Crippen LogP contribution < -0.4 is 38.9 Å². The van der Waals surface area contributed by atoms with Crippen molar-refractivity contribution in [3.63, 3.8) is 0 Å². The van der Waals surface area contributed by atoms with E-state index in [2.05, 4.69) is 4.98 Å². The van der Waals surface area contributed by atoms with E-state index in [0.29, 0.717) is 36.4 Å². The first-order chi connectivity index (χ1) is 21.8. The smallest absolute Gasteiger partial charge is 0.748 e. The predicted octanol–water partition coefficient (Wildman–Crippen LogP) is -0.675. The maximum absolute atomic E-state index is 12.0. The minimum atomic E-state index is -5.01. The third-order valence-electron chi connectivity index (χ3n) is 7.15. The molecule has 5 rings (SSSR count). The number of benzene rings is 2. The first-order valence-corrected chi connectivity index (χ1v) is 17.2. The second kappa shape index (κ2) is 15.2. The molecule has 1 fully saturated rings. The fourth-order valence-corrected chi connectivity index (χ4v) is 6.07. The van der Waals surface area contributed by atoms with Gasteiger partial charge in [-0.1, -0.05) is 12.1 Å². The first kappa shape index (κ1) is 36.4. The molecule has 1 saturated heterocycles. The number of nitrogens with zero attached hydrogens (tertiary/aromatic N) is 3. The Bertz CT molecular complexity index is 2030. The van der Waals surface area contributed by atoms with E-state index in [0.717, 1.165) is 17.0 Å². The van der Waals surface area contributed by atoms with Gasteiger partial charge in [-0.3, -0.25) is 9.59 Å². The molecule has 3 heterocycles. The Morgan fingerprint density at radius 3 is 2.40 bits per heavy atom. The van der Waals surface area contributed by atoms with Crippen LogP contribution in [-0.4, -0.2) is 66.1 Å². The van der Waals surface area contributed by atoms with E-state index in [9.17, 15) is 40.3 Å². The molecule has 0 spiro atoms. The number of aromatic nitrogens is 2. The average Bonchev–Trinajstić information content (AvgIpc) is 3.55. The van der Waals surface area contributed by atoms with E-state index in [4.69, 9.17) is 14.0 Å². The summed E-state index contributed by atoms with van der Waals surface area (Å²) in [5, 5.41) is 1.31. The predicted molar refractivity (Wildman–Crippen MR) is 155 cm³/mol. The van der Waals surface area contributed by atoms with Crippen LogP contribution in [0, 0.1) is 0 Å². The van der Waals surface area contributed by atoms with E-state index >= 15 is 0 Å². The number of carbonyl (C=O) groups excluding carboxylic acids is 3. The van der Waals surface area contributed by atoms with Crippen LogP contribution in [0.2, 0.25) is 0 Å². The van der Waals surface area contributed by atoms with Crippen LogP contribution in [0.5, 0.6) is 5.75 Å². The van der Waals surface area contributed by atoms with Crippen molar-refractivity contribution in [2.24, 2.45) is 0 Å². The molecule has 0 saturated carbocycles. The SMILES string of the molecule is O=C(CCCCC[n+]1ccc(-c2nc3cc(S(=O)(=O)[O-])c(OCCCS(=O)(=O)[O-])cc3o2)c2ccccc21)ON1C(=O)CCC1=O.[Na+]. The molecular weight excluding hydrogens is 669 g/mol. The summed E-state index contributed by atoms with van der Waals surface area (Å²) < 4.78 is 81.6. The van der Waals surface area contributed by atoms with Crippen LogP contribution in [0.4, 0.5) is 0 Å². The second-order valence-corrected chi connectivity index (χ2v) is 13.4. The Labute approximate surface area is 291 Å². The summed E-state index contributed by atoms with van der Waals surface area (Å²) in [5.41, 5.74) is 1.63. The maximum atomic E-state index is 12.0. The second-order valence-electron chi connectivity index (χ2n) is 10.5. The number of amides is 2. The molecule has 0 unspecified atom stereocenters. The number of hydrogen-bond acceptors (Lipinski definition) is 13. The molecule has 1 aliphatic rings. The quantitative estimate of drug-likeness (QED) is 0.0526. The number of fused-ring (bicyclic) bond motifs is 2. The Hall–Kier alpha value is -3.45. The zero-order chi connectivity index (χ0) is 33.1. The monoisotopic (exact) mass is 697 g/mol. The van der Waals surface area contributed by atoms with Crippen LogP contribution in [0.25, 0.3) is 33.5 Å². The number of ether oxygens (including phenoxy) is 1. The summed E-state index contributed by atoms with van der Waals surface area (Å²) in [4.78, 5) is 43.9. The minimum absolute atomic E-state index is 0. The molecule has 1 aliphatic heterocycles. The van der Waals surface area contributed by atoms with Gasteiger partial charge in [-0.2, -0.15) is 4.57 Å². The zero-order valence-corrected chi connectivity index (χ0v) is 28.9. The van der Waals surface area contributed by atoms with Gasteiger partial charge in [0.25, 0.3) is 11.8 Å². The molecule has 0 aliphatic carbocycles. The number of imide groups is 1. The minimum Gasteiger partial charge on any atom is -0.748 e. The molecule has 244 valence electrons. The van der Waals surface area contributed by atoms with Gasteiger partial charge in [0.05, 0.1) is 32.6 Å². The average molecular weight is 698 g/mol. The Morgan fingerprint density at radius 1 is 0.979 bits per heavy atom. The topological polar surface area (TPSA) is 217 Å². The molecular formula is C29H28N3NaO12S2. The van der Waals surface area contributed by atoms with Gasteiger partial charge in [-0.15, -0.1) is 5.06 Å². The van der Waals surface area contributed by atoms with Crippen molar-refractivity contribution in [2.75, 3.05) is 12.4 Å². The molecule has 2 amide bonds. The molecule has 0 bridgehead atoms. The molecule has 0 atom stereocenters. The third kappa shape index (κ3) is 9.13. The molecule has 2 aromatic heterocycles. The van der Waals surface area contributed by atoms with Crippen LogP contribution in [0.15, 0.2) is 58.0 Å². The number of pyridine rings is 1. The number of carbonyl (C=O) groups is 3. The van der Waals surface area contributed by atoms with Gasteiger partial charge in [0.1, 0.15) is 27.9 Å². The molecule has 15 nitrogen and oxygen atoms in total. The van der Waals surface area contributed by atoms with Gasteiger partial charge in [0, 0.05) is 49.6 Å². The van der Waals surface area contributed by atoms with Gasteiger partial charge in [0.15, 0.2) is 11.8 Å². The van der Waals surface area contributed by atoms with Crippen LogP contribution in [0.3, 0.4) is 0 Å². The summed E-state index contributed by atoms with van der Waals surface area (Å²) in [7, 11) is -9.50. The van der Waals surface area contributed by atoms with Gasteiger partial charge < -0.3 is 23.1 Å². The third-order valence-corrected chi connectivity index (χ3v) is 8.80. The van der Waals surface area contributed by atoms with Crippen LogP contribution >= 0.6 is 0 Å². The zero-order valence-electron chi connectivity index (χ0n) is 25.2. The normalized spacial score (nSPS) is 13.7. The van der Waals surface area contributed by atoms with Gasteiger partial charge >= 0.3 is 35.5 Å². The molecule has 0 radical (unpaired) electrons. The summed E-state index contributed by atoms with van der Waals surface area (Å²) in [5.74, 6) is -2.61. The number of hydrogen-bond donors (Lipinski definition) is 0. The Morgan fingerprint density at radius 2 is 1.70 bits per heavy atom. The van der Waals surface area contributed by atoms with E-state index in [1.807, 2.05) is 35.0 Å². The van der Waals surface area contributed by atoms with Crippen molar-refractivity contribution in [2.45, 2.75) is 56.4 Å². The van der Waals surface area contributed by atoms with E-state index in [1.54, 1.807) is 6.07 Å². The molecule has 47 heavy (non-hydrogen) atoms. The van der Waals surface area contributed by atoms with E-state index < -0.39 is 48.7 Å². The van der Waals surface area contributed by atoms with Crippen LogP contribution in [0.1, 0.15) is 44.9 Å². The van der Waals surface area contributed by atoms with Crippen molar-refractivity contribution in [3.8, 4) is 17.2 Å². The molecule has 0 N–H and O–H groups in total. The van der Waals surface area contributed by atoms with Gasteiger partial charge in [-0.25, -0.2) is 26.6 Å². The first-order valence-electron chi connectivity index (χ1n) is 14.3. The summed E-state index contributed by atoms with van der Waals surface area (Å²) in [6.07, 6.45) is 3.63. The fourth-order valence-electron chi connectivity index (χ4n) is 4.98. The van der Waals surface area contributed by atoms with Crippen molar-refractivity contribution < 1.29 is 88.4 Å². The van der Waals surface area contributed by atoms with E-state index in [-0.39, 0.29) is 84.6 Å². The number of unbranched alkanes of at least 4 members (excludes halogenated alkanes) is 2. The largest absolute Gasteiger partial charge is 1.00 e.